The van der Waals surface area contributed by atoms with Crippen LogP contribution in [0.3, 0.4) is 0 Å². The van der Waals surface area contributed by atoms with Crippen molar-refractivity contribution in [3.63, 3.8) is 0 Å². The van der Waals surface area contributed by atoms with E-state index in [2.05, 4.69) is 17.4 Å². The molecule has 1 aromatic rings. The standard InChI is InChI=1S/C10H16ClN3OS/c1-14-4-5-15-7(6-14)10(13-12)8-2-3-9(11)16-8/h2-3,7,10,13H,4-6,12H2,1H3. The molecule has 6 heteroatoms. The fraction of sp³-hybridized carbons (Fsp3) is 0.600. The zero-order chi connectivity index (χ0) is 11.5. The summed E-state index contributed by atoms with van der Waals surface area (Å²) in [5.41, 5.74) is 2.82. The predicted molar refractivity (Wildman–Crippen MR) is 66.6 cm³/mol. The zero-order valence-corrected chi connectivity index (χ0v) is 10.7. The monoisotopic (exact) mass is 261 g/mol. The Morgan fingerprint density at radius 2 is 2.50 bits per heavy atom. The first-order chi connectivity index (χ1) is 7.70. The molecule has 0 aliphatic carbocycles. The molecule has 4 nitrogen and oxygen atoms in total. The Balaban J connectivity index is 2.09. The van der Waals surface area contributed by atoms with E-state index >= 15 is 0 Å². The fourth-order valence-electron chi connectivity index (χ4n) is 1.88. The minimum absolute atomic E-state index is 0.0141. The number of hydrogen-bond acceptors (Lipinski definition) is 5. The van der Waals surface area contributed by atoms with Gasteiger partial charge >= 0.3 is 0 Å². The summed E-state index contributed by atoms with van der Waals surface area (Å²) in [5, 5.41) is 0. The molecule has 1 fully saturated rings. The van der Waals surface area contributed by atoms with E-state index < -0.39 is 0 Å². The van der Waals surface area contributed by atoms with Gasteiger partial charge in [-0.1, -0.05) is 11.6 Å². The van der Waals surface area contributed by atoms with Crippen LogP contribution in [0, 0.1) is 0 Å². The van der Waals surface area contributed by atoms with E-state index in [1.807, 2.05) is 12.1 Å². The van der Waals surface area contributed by atoms with E-state index in [1.165, 1.54) is 11.3 Å². The number of hydrazine groups is 1. The number of hydrogen-bond donors (Lipinski definition) is 2. The zero-order valence-electron chi connectivity index (χ0n) is 9.15. The highest BCUT2D eigenvalue weighted by Gasteiger charge is 2.28. The third kappa shape index (κ3) is 2.74. The first-order valence-corrected chi connectivity index (χ1v) is 6.41. The van der Waals surface area contributed by atoms with Crippen LogP contribution in [-0.2, 0) is 4.74 Å². The molecule has 2 rings (SSSR count). The van der Waals surface area contributed by atoms with E-state index in [-0.39, 0.29) is 12.1 Å². The number of rotatable bonds is 3. The maximum Gasteiger partial charge on any atom is 0.0931 e. The van der Waals surface area contributed by atoms with E-state index in [0.29, 0.717) is 0 Å². The van der Waals surface area contributed by atoms with Gasteiger partial charge in [-0.05, 0) is 19.2 Å². The summed E-state index contributed by atoms with van der Waals surface area (Å²) in [6.07, 6.45) is 0.0819. The van der Waals surface area contributed by atoms with Crippen molar-refractivity contribution in [1.82, 2.24) is 10.3 Å². The topological polar surface area (TPSA) is 50.5 Å². The Kier molecular flexibility index (Phi) is 4.18. The summed E-state index contributed by atoms with van der Waals surface area (Å²) in [6, 6.07) is 3.90. The van der Waals surface area contributed by atoms with Crippen molar-refractivity contribution in [3.05, 3.63) is 21.3 Å². The molecule has 3 N–H and O–H groups in total. The summed E-state index contributed by atoms with van der Waals surface area (Å²) in [7, 11) is 2.09. The van der Waals surface area contributed by atoms with Crippen molar-refractivity contribution in [2.24, 2.45) is 5.84 Å². The molecular formula is C10H16ClN3OS. The van der Waals surface area contributed by atoms with Crippen LogP contribution < -0.4 is 11.3 Å². The van der Waals surface area contributed by atoms with E-state index in [4.69, 9.17) is 22.2 Å². The van der Waals surface area contributed by atoms with Crippen LogP contribution in [0.4, 0.5) is 0 Å². The van der Waals surface area contributed by atoms with Crippen molar-refractivity contribution in [2.75, 3.05) is 26.7 Å². The largest absolute Gasteiger partial charge is 0.373 e. The Hall–Kier alpha value is -0.170. The molecule has 1 saturated heterocycles. The molecule has 0 spiro atoms. The minimum atomic E-state index is 0.0141. The average molecular weight is 262 g/mol. The number of morpholine rings is 1. The molecule has 0 amide bonds. The lowest BCUT2D eigenvalue weighted by Gasteiger charge is -2.34. The summed E-state index contributed by atoms with van der Waals surface area (Å²) in [6.45, 7) is 2.60. The number of ether oxygens (including phenoxy) is 1. The summed E-state index contributed by atoms with van der Waals surface area (Å²) < 4.78 is 6.52. The molecule has 2 unspecified atom stereocenters. The van der Waals surface area contributed by atoms with Crippen molar-refractivity contribution in [2.45, 2.75) is 12.1 Å². The Labute approximate surface area is 104 Å². The molecule has 2 heterocycles. The van der Waals surface area contributed by atoms with Gasteiger partial charge in [0.2, 0.25) is 0 Å². The highest BCUT2D eigenvalue weighted by molar-refractivity contribution is 7.16. The maximum absolute atomic E-state index is 5.93. The van der Waals surface area contributed by atoms with Crippen molar-refractivity contribution < 1.29 is 4.74 Å². The van der Waals surface area contributed by atoms with Gasteiger partial charge in [0.05, 0.1) is 23.1 Å². The lowest BCUT2D eigenvalue weighted by Crippen LogP contribution is -2.48. The first-order valence-electron chi connectivity index (χ1n) is 5.22. The van der Waals surface area contributed by atoms with Gasteiger partial charge in [-0.15, -0.1) is 11.3 Å². The molecule has 0 radical (unpaired) electrons. The molecule has 16 heavy (non-hydrogen) atoms. The number of thiophene rings is 1. The van der Waals surface area contributed by atoms with Crippen LogP contribution in [-0.4, -0.2) is 37.7 Å². The quantitative estimate of drug-likeness (QED) is 0.635. The number of halogens is 1. The lowest BCUT2D eigenvalue weighted by molar-refractivity contribution is -0.0387. The van der Waals surface area contributed by atoms with Gasteiger partial charge in [0.25, 0.3) is 0 Å². The molecule has 90 valence electrons. The number of nitrogens with two attached hydrogens (primary N) is 1. The van der Waals surface area contributed by atoms with Gasteiger partial charge in [0.15, 0.2) is 0 Å². The highest BCUT2D eigenvalue weighted by atomic mass is 35.5. The first kappa shape index (κ1) is 12.3. The molecule has 1 aliphatic rings. The second-order valence-electron chi connectivity index (χ2n) is 3.96. The van der Waals surface area contributed by atoms with E-state index in [1.54, 1.807) is 0 Å². The second-order valence-corrected chi connectivity index (χ2v) is 5.70. The maximum atomic E-state index is 5.93. The Bertz CT molecular complexity index is 347. The van der Waals surface area contributed by atoms with Gasteiger partial charge in [-0.2, -0.15) is 0 Å². The van der Waals surface area contributed by atoms with E-state index in [9.17, 15) is 0 Å². The summed E-state index contributed by atoms with van der Waals surface area (Å²) in [5.74, 6) is 5.61. The fourth-order valence-corrected chi connectivity index (χ4v) is 3.06. The van der Waals surface area contributed by atoms with Crippen LogP contribution in [0.15, 0.2) is 12.1 Å². The minimum Gasteiger partial charge on any atom is -0.373 e. The van der Waals surface area contributed by atoms with Gasteiger partial charge in [0.1, 0.15) is 0 Å². The average Bonchev–Trinajstić information content (AvgIpc) is 2.66. The van der Waals surface area contributed by atoms with Gasteiger partial charge in [-0.25, -0.2) is 5.43 Å². The highest BCUT2D eigenvalue weighted by Crippen LogP contribution is 2.30. The predicted octanol–water partition coefficient (Wildman–Crippen LogP) is 1.24. The number of nitrogens with zero attached hydrogens (tertiary/aromatic N) is 1. The molecule has 0 saturated carbocycles. The Morgan fingerprint density at radius 1 is 1.69 bits per heavy atom. The molecule has 0 bridgehead atoms. The van der Waals surface area contributed by atoms with Gasteiger partial charge < -0.3 is 9.64 Å². The molecule has 0 aromatic carbocycles. The summed E-state index contributed by atoms with van der Waals surface area (Å²) >= 11 is 7.47. The van der Waals surface area contributed by atoms with Crippen LogP contribution >= 0.6 is 22.9 Å². The smallest absolute Gasteiger partial charge is 0.0931 e. The number of likely N-dealkylation sites (N-methyl/N-ethyl adjacent to an activating group) is 1. The lowest BCUT2D eigenvalue weighted by atomic mass is 10.1. The molecule has 1 aliphatic heterocycles. The van der Waals surface area contributed by atoms with Crippen LogP contribution in [0.1, 0.15) is 10.9 Å². The third-order valence-corrected chi connectivity index (χ3v) is 4.06. The van der Waals surface area contributed by atoms with Gasteiger partial charge in [0, 0.05) is 18.0 Å². The number of nitrogens with one attached hydrogen (secondary N) is 1. The second kappa shape index (κ2) is 5.44. The van der Waals surface area contributed by atoms with Crippen molar-refractivity contribution >= 4 is 22.9 Å². The van der Waals surface area contributed by atoms with Crippen LogP contribution in [0.5, 0.6) is 0 Å². The van der Waals surface area contributed by atoms with Gasteiger partial charge in [-0.3, -0.25) is 5.84 Å². The SMILES string of the molecule is CN1CCOC(C(NN)c2ccc(Cl)s2)C1. The molecular weight excluding hydrogens is 246 g/mol. The van der Waals surface area contributed by atoms with Crippen molar-refractivity contribution in [3.8, 4) is 0 Å². The molecule has 1 aromatic heterocycles. The Morgan fingerprint density at radius 3 is 3.06 bits per heavy atom. The van der Waals surface area contributed by atoms with Crippen LogP contribution in [0.25, 0.3) is 0 Å². The van der Waals surface area contributed by atoms with E-state index in [0.717, 1.165) is 28.9 Å². The molecule has 2 atom stereocenters. The van der Waals surface area contributed by atoms with Crippen molar-refractivity contribution in [1.29, 1.82) is 0 Å². The normalized spacial score (nSPS) is 24.6. The van der Waals surface area contributed by atoms with Crippen LogP contribution in [0.2, 0.25) is 4.34 Å². The third-order valence-electron chi connectivity index (χ3n) is 2.75. The summed E-state index contributed by atoms with van der Waals surface area (Å²) in [4.78, 5) is 3.36.